The van der Waals surface area contributed by atoms with E-state index >= 15 is 0 Å². The van der Waals surface area contributed by atoms with Crippen LogP contribution in [0.3, 0.4) is 0 Å². The van der Waals surface area contributed by atoms with Crippen LogP contribution in [0.2, 0.25) is 0 Å². The lowest BCUT2D eigenvalue weighted by atomic mass is 10.2. The number of carbonyl (C=O) groups is 1. The Labute approximate surface area is 171 Å². The number of rotatable bonds is 5. The van der Waals surface area contributed by atoms with E-state index in [2.05, 4.69) is 16.0 Å². The van der Waals surface area contributed by atoms with E-state index < -0.39 is 17.5 Å². The van der Waals surface area contributed by atoms with Crippen LogP contribution >= 0.6 is 12.2 Å². The van der Waals surface area contributed by atoms with Crippen LogP contribution in [0.1, 0.15) is 10.4 Å². The van der Waals surface area contributed by atoms with Crippen molar-refractivity contribution in [3.05, 3.63) is 83.9 Å². The molecule has 0 radical (unpaired) electrons. The van der Waals surface area contributed by atoms with Gasteiger partial charge in [0.2, 0.25) is 0 Å². The molecular formula is C21H17F2N3O2S. The fraction of sp³-hybridized carbons (Fsp3) is 0.0476. The number of anilines is 3. The highest BCUT2D eigenvalue weighted by atomic mass is 32.1. The van der Waals surface area contributed by atoms with Gasteiger partial charge in [-0.25, -0.2) is 8.78 Å². The minimum atomic E-state index is -0.588. The van der Waals surface area contributed by atoms with Gasteiger partial charge in [0.05, 0.1) is 12.7 Å². The van der Waals surface area contributed by atoms with Crippen LogP contribution in [0.4, 0.5) is 25.8 Å². The summed E-state index contributed by atoms with van der Waals surface area (Å²) in [6.45, 7) is 0. The summed E-state index contributed by atoms with van der Waals surface area (Å²) in [5.41, 5.74) is 1.58. The molecule has 0 saturated carbocycles. The zero-order chi connectivity index (χ0) is 20.8. The first-order chi connectivity index (χ1) is 14.0. The smallest absolute Gasteiger partial charge is 0.258 e. The van der Waals surface area contributed by atoms with Gasteiger partial charge in [0.25, 0.3) is 5.91 Å². The van der Waals surface area contributed by atoms with Gasteiger partial charge in [-0.2, -0.15) is 0 Å². The van der Waals surface area contributed by atoms with Crippen molar-refractivity contribution >= 4 is 40.3 Å². The maximum absolute atomic E-state index is 13.7. The number of thiocarbonyl (C=S) groups is 1. The molecule has 3 aromatic rings. The average Bonchev–Trinajstić information content (AvgIpc) is 2.70. The summed E-state index contributed by atoms with van der Waals surface area (Å²) in [5, 5.41) is 8.71. The van der Waals surface area contributed by atoms with Crippen molar-refractivity contribution in [2.45, 2.75) is 0 Å². The highest BCUT2D eigenvalue weighted by Gasteiger charge is 2.11. The molecule has 0 aliphatic rings. The van der Waals surface area contributed by atoms with E-state index in [-0.39, 0.29) is 16.4 Å². The standard InChI is InChI=1S/C21H17F2N3O2S/c1-28-19-11-10-15(12-18(19)23)26-21(29)25-14-8-6-13(7-9-14)24-20(27)16-4-2-3-5-17(16)22/h2-12H,1H3,(H,24,27)(H2,25,26,29). The van der Waals surface area contributed by atoms with Crippen molar-refractivity contribution < 1.29 is 18.3 Å². The van der Waals surface area contributed by atoms with Gasteiger partial charge in [-0.15, -0.1) is 0 Å². The van der Waals surface area contributed by atoms with Gasteiger partial charge >= 0.3 is 0 Å². The highest BCUT2D eigenvalue weighted by Crippen LogP contribution is 2.21. The molecule has 0 unspecified atom stereocenters. The summed E-state index contributed by atoms with van der Waals surface area (Å²) in [7, 11) is 1.39. The first-order valence-corrected chi connectivity index (χ1v) is 8.94. The molecule has 0 atom stereocenters. The molecule has 0 aliphatic carbocycles. The number of hydrogen-bond donors (Lipinski definition) is 3. The van der Waals surface area contributed by atoms with E-state index in [0.717, 1.165) is 0 Å². The third kappa shape index (κ3) is 5.26. The Morgan fingerprint density at radius 1 is 0.828 bits per heavy atom. The topological polar surface area (TPSA) is 62.4 Å². The Balaban J connectivity index is 1.59. The second-order valence-electron chi connectivity index (χ2n) is 5.94. The van der Waals surface area contributed by atoms with E-state index in [4.69, 9.17) is 17.0 Å². The molecule has 1 amide bonds. The summed E-state index contributed by atoms with van der Waals surface area (Å²) < 4.78 is 32.3. The Hall–Kier alpha value is -3.52. The molecule has 0 aromatic heterocycles. The van der Waals surface area contributed by atoms with Crippen LogP contribution in [-0.2, 0) is 0 Å². The molecule has 0 fully saturated rings. The normalized spacial score (nSPS) is 10.2. The average molecular weight is 413 g/mol. The fourth-order valence-electron chi connectivity index (χ4n) is 2.52. The van der Waals surface area contributed by atoms with E-state index in [1.807, 2.05) is 0 Å². The van der Waals surface area contributed by atoms with Crippen LogP contribution in [0.15, 0.2) is 66.7 Å². The fourth-order valence-corrected chi connectivity index (χ4v) is 2.75. The molecule has 8 heteroatoms. The number of hydrogen-bond acceptors (Lipinski definition) is 3. The van der Waals surface area contributed by atoms with E-state index in [9.17, 15) is 13.6 Å². The zero-order valence-electron chi connectivity index (χ0n) is 15.3. The molecule has 3 rings (SSSR count). The van der Waals surface area contributed by atoms with Crippen LogP contribution < -0.4 is 20.7 Å². The van der Waals surface area contributed by atoms with Crippen LogP contribution in [-0.4, -0.2) is 18.1 Å². The van der Waals surface area contributed by atoms with Crippen molar-refractivity contribution in [3.63, 3.8) is 0 Å². The molecule has 3 aromatic carbocycles. The molecule has 0 bridgehead atoms. The monoisotopic (exact) mass is 413 g/mol. The summed E-state index contributed by atoms with van der Waals surface area (Å²) in [6.07, 6.45) is 0. The molecule has 148 valence electrons. The molecule has 0 heterocycles. The molecule has 5 nitrogen and oxygen atoms in total. The number of amides is 1. The van der Waals surface area contributed by atoms with Gasteiger partial charge in [-0.1, -0.05) is 12.1 Å². The minimum Gasteiger partial charge on any atom is -0.494 e. The van der Waals surface area contributed by atoms with Gasteiger partial charge in [0.15, 0.2) is 16.7 Å². The Kier molecular flexibility index (Phi) is 6.36. The SMILES string of the molecule is COc1ccc(NC(=S)Nc2ccc(NC(=O)c3ccccc3F)cc2)cc1F. The lowest BCUT2D eigenvalue weighted by Gasteiger charge is -2.12. The quantitative estimate of drug-likeness (QED) is 0.512. The van der Waals surface area contributed by atoms with Crippen molar-refractivity contribution in [1.82, 2.24) is 0 Å². The Morgan fingerprint density at radius 2 is 1.41 bits per heavy atom. The van der Waals surface area contributed by atoms with Crippen LogP contribution in [0, 0.1) is 11.6 Å². The molecule has 3 N–H and O–H groups in total. The van der Waals surface area contributed by atoms with Crippen LogP contribution in [0.5, 0.6) is 5.75 Å². The molecule has 0 spiro atoms. The maximum atomic E-state index is 13.7. The number of benzene rings is 3. The van der Waals surface area contributed by atoms with E-state index in [1.165, 1.54) is 37.4 Å². The molecule has 0 aliphatic heterocycles. The van der Waals surface area contributed by atoms with Gasteiger partial charge in [-0.3, -0.25) is 4.79 Å². The third-order valence-corrected chi connectivity index (χ3v) is 4.13. The van der Waals surface area contributed by atoms with Crippen molar-refractivity contribution in [2.24, 2.45) is 0 Å². The third-order valence-electron chi connectivity index (χ3n) is 3.93. The molecule has 0 saturated heterocycles. The van der Waals surface area contributed by atoms with E-state index in [1.54, 1.807) is 36.4 Å². The number of halogens is 2. The van der Waals surface area contributed by atoms with Crippen molar-refractivity contribution in [1.29, 1.82) is 0 Å². The summed E-state index contributed by atoms with van der Waals surface area (Å²) in [4.78, 5) is 12.1. The summed E-state index contributed by atoms with van der Waals surface area (Å²) in [5.74, 6) is -1.49. The van der Waals surface area contributed by atoms with Gasteiger partial charge in [-0.05, 0) is 60.7 Å². The van der Waals surface area contributed by atoms with Gasteiger partial charge in [0.1, 0.15) is 5.82 Å². The Morgan fingerprint density at radius 3 is 2.03 bits per heavy atom. The lowest BCUT2D eigenvalue weighted by molar-refractivity contribution is 0.102. The predicted octanol–water partition coefficient (Wildman–Crippen LogP) is 5.03. The van der Waals surface area contributed by atoms with E-state index in [0.29, 0.717) is 17.1 Å². The van der Waals surface area contributed by atoms with Gasteiger partial charge < -0.3 is 20.7 Å². The van der Waals surface area contributed by atoms with Crippen LogP contribution in [0.25, 0.3) is 0 Å². The summed E-state index contributed by atoms with van der Waals surface area (Å²) >= 11 is 5.22. The zero-order valence-corrected chi connectivity index (χ0v) is 16.1. The highest BCUT2D eigenvalue weighted by molar-refractivity contribution is 7.80. The second kappa shape index (κ2) is 9.11. The number of nitrogens with one attached hydrogen (secondary N) is 3. The Bertz CT molecular complexity index is 1040. The largest absolute Gasteiger partial charge is 0.494 e. The van der Waals surface area contributed by atoms with Gasteiger partial charge in [0, 0.05) is 23.1 Å². The number of methoxy groups -OCH3 is 1. The predicted molar refractivity (Wildman–Crippen MR) is 114 cm³/mol. The number of carbonyl (C=O) groups excluding carboxylic acids is 1. The van der Waals surface area contributed by atoms with Crippen molar-refractivity contribution in [2.75, 3.05) is 23.1 Å². The minimum absolute atomic E-state index is 0.0354. The first-order valence-electron chi connectivity index (χ1n) is 8.54. The molecular weight excluding hydrogens is 396 g/mol. The maximum Gasteiger partial charge on any atom is 0.258 e. The van der Waals surface area contributed by atoms with Crippen molar-refractivity contribution in [3.8, 4) is 5.75 Å². The number of ether oxygens (including phenoxy) is 1. The first kappa shape index (κ1) is 20.2. The lowest BCUT2D eigenvalue weighted by Crippen LogP contribution is -2.19. The second-order valence-corrected chi connectivity index (χ2v) is 6.35. The summed E-state index contributed by atoms with van der Waals surface area (Å²) in [6, 6.07) is 16.8. The molecule has 29 heavy (non-hydrogen) atoms.